The van der Waals surface area contributed by atoms with E-state index in [4.69, 9.17) is 16.3 Å². The Morgan fingerprint density at radius 3 is 2.55 bits per heavy atom. The second-order valence-corrected chi connectivity index (χ2v) is 8.20. The Morgan fingerprint density at radius 1 is 1.31 bits per heavy atom. The number of hydrogen-bond acceptors (Lipinski definition) is 3. The summed E-state index contributed by atoms with van der Waals surface area (Å²) in [7, 11) is 0. The van der Waals surface area contributed by atoms with Gasteiger partial charge in [-0.1, -0.05) is 17.7 Å². The minimum absolute atomic E-state index is 0.0364. The van der Waals surface area contributed by atoms with Crippen LogP contribution in [0.2, 0.25) is 5.02 Å². The number of amides is 2. The maximum absolute atomic E-state index is 14.4. The van der Waals surface area contributed by atoms with Crippen LogP contribution in [0.4, 0.5) is 22.4 Å². The van der Waals surface area contributed by atoms with Gasteiger partial charge in [0.15, 0.2) is 0 Å². The highest BCUT2D eigenvalue weighted by molar-refractivity contribution is 6.31. The molecule has 1 aromatic rings. The molecule has 156 valence electrons. The van der Waals surface area contributed by atoms with Crippen LogP contribution in [0.3, 0.4) is 0 Å². The zero-order chi connectivity index (χ0) is 21.0. The van der Waals surface area contributed by atoms with Crippen LogP contribution in [0.15, 0.2) is 24.3 Å². The van der Waals surface area contributed by atoms with Gasteiger partial charge in [-0.05, 0) is 31.1 Å². The van der Waals surface area contributed by atoms with Gasteiger partial charge in [-0.15, -0.1) is 0 Å². The van der Waals surface area contributed by atoms with Crippen LogP contribution in [0, 0.1) is 11.8 Å². The number of halogens is 5. The Kier molecular flexibility index (Phi) is 4.76. The third-order valence-corrected chi connectivity index (χ3v) is 5.94. The molecule has 0 unspecified atom stereocenters. The van der Waals surface area contributed by atoms with Crippen LogP contribution < -0.4 is 5.32 Å². The molecule has 2 aliphatic heterocycles. The average Bonchev–Trinajstić information content (AvgIpc) is 2.96. The number of likely N-dealkylation sites (tertiary alicyclic amines) is 1. The normalized spacial score (nSPS) is 27.3. The molecule has 3 fully saturated rings. The quantitative estimate of drug-likeness (QED) is 0.734. The van der Waals surface area contributed by atoms with E-state index in [1.807, 2.05) is 0 Å². The molecule has 4 rings (SSSR count). The average molecular weight is 433 g/mol. The number of cyclic esters (lactones) is 1. The molecule has 0 bridgehead atoms. The fourth-order valence-electron chi connectivity index (χ4n) is 4.02. The van der Waals surface area contributed by atoms with Gasteiger partial charge in [0.2, 0.25) is 5.91 Å². The van der Waals surface area contributed by atoms with E-state index < -0.39 is 34.2 Å². The molecular weight excluding hydrogens is 416 g/mol. The summed E-state index contributed by atoms with van der Waals surface area (Å²) in [6.45, 7) is 0.946. The first-order valence-electron chi connectivity index (χ1n) is 9.04. The number of alkyl halides is 3. The van der Waals surface area contributed by atoms with Crippen molar-refractivity contribution < 1.29 is 31.9 Å². The van der Waals surface area contributed by atoms with Crippen molar-refractivity contribution in [2.24, 2.45) is 11.8 Å². The van der Waals surface area contributed by atoms with E-state index in [1.165, 1.54) is 6.08 Å². The van der Waals surface area contributed by atoms with Gasteiger partial charge in [0.1, 0.15) is 12.4 Å². The van der Waals surface area contributed by atoms with Crippen molar-refractivity contribution in [3.63, 3.8) is 0 Å². The lowest BCUT2D eigenvalue weighted by molar-refractivity contribution is -0.146. The lowest BCUT2D eigenvalue weighted by Gasteiger charge is -2.47. The van der Waals surface area contributed by atoms with Gasteiger partial charge < -0.3 is 15.0 Å². The van der Waals surface area contributed by atoms with E-state index in [9.17, 15) is 27.2 Å². The second kappa shape index (κ2) is 6.90. The molecule has 29 heavy (non-hydrogen) atoms. The van der Waals surface area contributed by atoms with Gasteiger partial charge in [0.05, 0.1) is 16.1 Å². The fourth-order valence-corrected chi connectivity index (χ4v) is 4.31. The SMILES string of the molecule is O=C1N[C@]2(CO1)C[C@H](C(=O)N1CC(/C=C(\F)c3ccc(C(F)(F)F)c(Cl)c3)C1)C2. The Hall–Kier alpha value is -2.29. The van der Waals surface area contributed by atoms with Gasteiger partial charge in [-0.3, -0.25) is 4.79 Å². The van der Waals surface area contributed by atoms with E-state index in [0.29, 0.717) is 25.9 Å². The number of nitrogens with one attached hydrogen (secondary N) is 1. The van der Waals surface area contributed by atoms with Crippen molar-refractivity contribution in [3.05, 3.63) is 40.4 Å². The minimum Gasteiger partial charge on any atom is -0.447 e. The smallest absolute Gasteiger partial charge is 0.417 e. The predicted molar refractivity (Wildman–Crippen MR) is 95.5 cm³/mol. The van der Waals surface area contributed by atoms with Gasteiger partial charge >= 0.3 is 12.3 Å². The summed E-state index contributed by atoms with van der Waals surface area (Å²) in [4.78, 5) is 25.2. The van der Waals surface area contributed by atoms with Crippen LogP contribution in [0.5, 0.6) is 0 Å². The van der Waals surface area contributed by atoms with Crippen LogP contribution in [0.1, 0.15) is 24.0 Å². The molecular formula is C19H17ClF4N2O3. The van der Waals surface area contributed by atoms with E-state index in [2.05, 4.69) is 5.32 Å². The van der Waals surface area contributed by atoms with E-state index >= 15 is 0 Å². The number of hydrogen-bond donors (Lipinski definition) is 1. The van der Waals surface area contributed by atoms with Gasteiger partial charge in [-0.2, -0.15) is 13.2 Å². The number of rotatable bonds is 3. The number of ether oxygens (including phenoxy) is 1. The maximum atomic E-state index is 14.4. The molecule has 0 atom stereocenters. The van der Waals surface area contributed by atoms with Gasteiger partial charge in [-0.25, -0.2) is 9.18 Å². The molecule has 0 aromatic heterocycles. The highest BCUT2D eigenvalue weighted by Gasteiger charge is 2.54. The number of carbonyl (C=O) groups excluding carboxylic acids is 2. The molecule has 1 spiro atoms. The molecule has 2 amide bonds. The third-order valence-electron chi connectivity index (χ3n) is 5.62. The Morgan fingerprint density at radius 2 is 2.00 bits per heavy atom. The first kappa shape index (κ1) is 20.0. The monoisotopic (exact) mass is 432 g/mol. The summed E-state index contributed by atoms with van der Waals surface area (Å²) in [5.74, 6) is -1.13. The highest BCUT2D eigenvalue weighted by Crippen LogP contribution is 2.42. The van der Waals surface area contributed by atoms with Crippen LogP contribution in [0.25, 0.3) is 5.83 Å². The minimum atomic E-state index is -4.60. The summed E-state index contributed by atoms with van der Waals surface area (Å²) in [6.07, 6.45) is -2.72. The van der Waals surface area contributed by atoms with Gasteiger partial charge in [0, 0.05) is 30.5 Å². The zero-order valence-electron chi connectivity index (χ0n) is 15.1. The largest absolute Gasteiger partial charge is 0.447 e. The number of carbonyl (C=O) groups is 2. The lowest BCUT2D eigenvalue weighted by Crippen LogP contribution is -2.61. The second-order valence-electron chi connectivity index (χ2n) is 7.80. The van der Waals surface area contributed by atoms with Crippen molar-refractivity contribution in [1.29, 1.82) is 0 Å². The predicted octanol–water partition coefficient (Wildman–Crippen LogP) is 4.02. The topological polar surface area (TPSA) is 58.6 Å². The summed E-state index contributed by atoms with van der Waals surface area (Å²) in [6, 6.07) is 2.73. The molecule has 1 aromatic carbocycles. The highest BCUT2D eigenvalue weighted by atomic mass is 35.5. The van der Waals surface area contributed by atoms with Crippen molar-refractivity contribution in [1.82, 2.24) is 10.2 Å². The first-order chi connectivity index (χ1) is 13.6. The number of alkyl carbamates (subject to hydrolysis) is 1. The lowest BCUT2D eigenvalue weighted by atomic mass is 9.68. The summed E-state index contributed by atoms with van der Waals surface area (Å²) < 4.78 is 57.5. The maximum Gasteiger partial charge on any atom is 0.417 e. The summed E-state index contributed by atoms with van der Waals surface area (Å²) in [5, 5.41) is 2.16. The molecule has 0 radical (unpaired) electrons. The van der Waals surface area contributed by atoms with Crippen molar-refractivity contribution in [2.45, 2.75) is 24.6 Å². The Balaban J connectivity index is 1.31. The summed E-state index contributed by atoms with van der Waals surface area (Å²) >= 11 is 5.62. The standard InChI is InChI=1S/C19H17ClF4N2O3/c20-14-4-11(1-2-13(14)19(22,23)24)15(21)3-10-7-26(8-10)16(27)12-5-18(6-12)9-29-17(28)25-18/h1-4,10,12H,5-9H2,(H,25,28)/b15-3-/t12-,18+. The van der Waals surface area contributed by atoms with Crippen molar-refractivity contribution in [2.75, 3.05) is 19.7 Å². The van der Waals surface area contributed by atoms with Crippen molar-refractivity contribution in [3.8, 4) is 0 Å². The van der Waals surface area contributed by atoms with E-state index in [0.717, 1.165) is 18.2 Å². The molecule has 3 aliphatic rings. The Labute approximate surface area is 168 Å². The molecule has 10 heteroatoms. The molecule has 2 saturated heterocycles. The molecule has 5 nitrogen and oxygen atoms in total. The van der Waals surface area contributed by atoms with Crippen LogP contribution >= 0.6 is 11.6 Å². The van der Waals surface area contributed by atoms with Crippen LogP contribution in [-0.2, 0) is 15.7 Å². The zero-order valence-corrected chi connectivity index (χ0v) is 15.8. The molecule has 1 aliphatic carbocycles. The first-order valence-corrected chi connectivity index (χ1v) is 9.42. The fraction of sp³-hybridized carbons (Fsp3) is 0.474. The Bertz CT molecular complexity index is 890. The van der Waals surface area contributed by atoms with Gasteiger partial charge in [0.25, 0.3) is 0 Å². The van der Waals surface area contributed by atoms with Crippen LogP contribution in [-0.4, -0.2) is 42.1 Å². The van der Waals surface area contributed by atoms with E-state index in [1.54, 1.807) is 4.90 Å². The number of benzene rings is 1. The summed E-state index contributed by atoms with van der Waals surface area (Å²) in [5.41, 5.74) is -1.49. The number of nitrogens with zero attached hydrogens (tertiary/aromatic N) is 1. The molecule has 1 saturated carbocycles. The molecule has 2 heterocycles. The van der Waals surface area contributed by atoms with Crippen molar-refractivity contribution >= 4 is 29.4 Å². The third kappa shape index (κ3) is 3.80. The molecule has 1 N–H and O–H groups in total. The van der Waals surface area contributed by atoms with E-state index in [-0.39, 0.29) is 29.9 Å².